The van der Waals surface area contributed by atoms with Crippen molar-refractivity contribution in [3.63, 3.8) is 0 Å². The smallest absolute Gasteiger partial charge is 0.387 e. The number of halogens is 2. The number of carbonyl (C=O) groups excluding carboxylic acids is 1. The van der Waals surface area contributed by atoms with Crippen LogP contribution in [0.5, 0.6) is 23.0 Å². The summed E-state index contributed by atoms with van der Waals surface area (Å²) in [6.07, 6.45) is 0.926. The Hall–Kier alpha value is -3.07. The fraction of sp³-hybridized carbons (Fsp3) is 0.458. The SMILES string of the molecule is COc1ccc(CN2CCN(C(=O)CCc3ccc(OC(F)F)cc3)CC2)c(OC)c1OC. The van der Waals surface area contributed by atoms with Crippen molar-refractivity contribution in [1.29, 1.82) is 0 Å². The molecule has 3 rings (SSSR count). The molecule has 180 valence electrons. The number of benzene rings is 2. The molecule has 0 unspecified atom stereocenters. The molecule has 0 aliphatic carbocycles. The van der Waals surface area contributed by atoms with Gasteiger partial charge in [0.2, 0.25) is 11.7 Å². The van der Waals surface area contributed by atoms with E-state index in [9.17, 15) is 13.6 Å². The molecule has 0 saturated carbocycles. The predicted molar refractivity (Wildman–Crippen MR) is 119 cm³/mol. The van der Waals surface area contributed by atoms with Crippen LogP contribution >= 0.6 is 0 Å². The number of methoxy groups -OCH3 is 3. The summed E-state index contributed by atoms with van der Waals surface area (Å²) in [5, 5.41) is 0. The van der Waals surface area contributed by atoms with Crippen LogP contribution in [0.4, 0.5) is 8.78 Å². The third-order valence-corrected chi connectivity index (χ3v) is 5.68. The van der Waals surface area contributed by atoms with E-state index < -0.39 is 6.61 Å². The van der Waals surface area contributed by atoms with E-state index in [0.29, 0.717) is 49.7 Å². The number of hydrogen-bond donors (Lipinski definition) is 0. The van der Waals surface area contributed by atoms with Gasteiger partial charge in [-0.2, -0.15) is 8.78 Å². The van der Waals surface area contributed by atoms with Crippen molar-refractivity contribution in [2.45, 2.75) is 26.0 Å². The maximum atomic E-state index is 12.6. The number of carbonyl (C=O) groups is 1. The molecular formula is C24H30F2N2O5. The summed E-state index contributed by atoms with van der Waals surface area (Å²) in [4.78, 5) is 16.8. The molecule has 33 heavy (non-hydrogen) atoms. The van der Waals surface area contributed by atoms with Crippen molar-refractivity contribution in [2.24, 2.45) is 0 Å². The molecule has 0 N–H and O–H groups in total. The van der Waals surface area contributed by atoms with Gasteiger partial charge in [-0.15, -0.1) is 0 Å². The molecule has 0 spiro atoms. The number of alkyl halides is 2. The Labute approximate surface area is 192 Å². The number of amides is 1. The molecule has 0 bridgehead atoms. The molecule has 2 aromatic carbocycles. The molecule has 1 aliphatic rings. The van der Waals surface area contributed by atoms with E-state index in [1.165, 1.54) is 12.1 Å². The summed E-state index contributed by atoms with van der Waals surface area (Å²) in [7, 11) is 4.78. The summed E-state index contributed by atoms with van der Waals surface area (Å²) in [5.74, 6) is 2.04. The molecule has 7 nitrogen and oxygen atoms in total. The lowest BCUT2D eigenvalue weighted by molar-refractivity contribution is -0.133. The molecule has 1 amide bonds. The fourth-order valence-corrected chi connectivity index (χ4v) is 3.93. The number of piperazine rings is 1. The van der Waals surface area contributed by atoms with Crippen molar-refractivity contribution in [1.82, 2.24) is 9.80 Å². The summed E-state index contributed by atoms with van der Waals surface area (Å²) in [6, 6.07) is 10.2. The highest BCUT2D eigenvalue weighted by Gasteiger charge is 2.23. The third-order valence-electron chi connectivity index (χ3n) is 5.68. The van der Waals surface area contributed by atoms with Gasteiger partial charge < -0.3 is 23.8 Å². The van der Waals surface area contributed by atoms with E-state index in [0.717, 1.165) is 24.2 Å². The highest BCUT2D eigenvalue weighted by Crippen LogP contribution is 2.40. The van der Waals surface area contributed by atoms with Gasteiger partial charge in [-0.25, -0.2) is 0 Å². The molecule has 1 saturated heterocycles. The molecule has 1 heterocycles. The zero-order valence-electron chi connectivity index (χ0n) is 19.2. The summed E-state index contributed by atoms with van der Waals surface area (Å²) >= 11 is 0. The van der Waals surface area contributed by atoms with Crippen molar-refractivity contribution in [3.05, 3.63) is 47.5 Å². The van der Waals surface area contributed by atoms with Gasteiger partial charge >= 0.3 is 6.61 Å². The zero-order valence-corrected chi connectivity index (χ0v) is 19.2. The van der Waals surface area contributed by atoms with Gasteiger partial charge in [0.25, 0.3) is 0 Å². The Morgan fingerprint density at radius 1 is 0.909 bits per heavy atom. The van der Waals surface area contributed by atoms with Crippen LogP contribution in [-0.2, 0) is 17.8 Å². The number of ether oxygens (including phenoxy) is 4. The van der Waals surface area contributed by atoms with Crippen molar-refractivity contribution >= 4 is 5.91 Å². The third kappa shape index (κ3) is 6.47. The first-order chi connectivity index (χ1) is 15.9. The van der Waals surface area contributed by atoms with E-state index in [2.05, 4.69) is 9.64 Å². The van der Waals surface area contributed by atoms with E-state index >= 15 is 0 Å². The average molecular weight is 465 g/mol. The minimum absolute atomic E-state index is 0.0891. The van der Waals surface area contributed by atoms with Gasteiger partial charge in [-0.1, -0.05) is 18.2 Å². The van der Waals surface area contributed by atoms with Crippen LogP contribution in [0.2, 0.25) is 0 Å². The second-order valence-corrected chi connectivity index (χ2v) is 7.67. The lowest BCUT2D eigenvalue weighted by Gasteiger charge is -2.35. The summed E-state index contributed by atoms with van der Waals surface area (Å²) < 4.78 is 45.2. The van der Waals surface area contributed by atoms with Crippen molar-refractivity contribution in [3.8, 4) is 23.0 Å². The van der Waals surface area contributed by atoms with Crippen LogP contribution in [0.1, 0.15) is 17.5 Å². The van der Waals surface area contributed by atoms with Gasteiger partial charge in [0, 0.05) is 44.7 Å². The second kappa shape index (κ2) is 11.7. The first-order valence-electron chi connectivity index (χ1n) is 10.8. The first kappa shape index (κ1) is 24.6. The van der Waals surface area contributed by atoms with Crippen LogP contribution in [0.15, 0.2) is 36.4 Å². The Balaban J connectivity index is 1.49. The van der Waals surface area contributed by atoms with Crippen LogP contribution in [0, 0.1) is 0 Å². The maximum absolute atomic E-state index is 12.6. The normalized spacial score (nSPS) is 14.3. The Kier molecular flexibility index (Phi) is 8.71. The largest absolute Gasteiger partial charge is 0.493 e. The van der Waals surface area contributed by atoms with Crippen molar-refractivity contribution in [2.75, 3.05) is 47.5 Å². The second-order valence-electron chi connectivity index (χ2n) is 7.67. The first-order valence-corrected chi connectivity index (χ1v) is 10.8. The average Bonchev–Trinajstić information content (AvgIpc) is 2.83. The lowest BCUT2D eigenvalue weighted by atomic mass is 10.1. The summed E-state index contributed by atoms with van der Waals surface area (Å²) in [5.41, 5.74) is 1.90. The van der Waals surface area contributed by atoms with Crippen LogP contribution in [0.25, 0.3) is 0 Å². The minimum Gasteiger partial charge on any atom is -0.493 e. The monoisotopic (exact) mass is 464 g/mol. The highest BCUT2D eigenvalue weighted by molar-refractivity contribution is 5.76. The molecule has 9 heteroatoms. The molecule has 1 aliphatic heterocycles. The van der Waals surface area contributed by atoms with Gasteiger partial charge in [0.05, 0.1) is 21.3 Å². The van der Waals surface area contributed by atoms with Gasteiger partial charge in [-0.3, -0.25) is 9.69 Å². The van der Waals surface area contributed by atoms with Crippen molar-refractivity contribution < 1.29 is 32.5 Å². The Morgan fingerprint density at radius 2 is 1.58 bits per heavy atom. The number of nitrogens with zero attached hydrogens (tertiary/aromatic N) is 2. The topological polar surface area (TPSA) is 60.5 Å². The molecule has 2 aromatic rings. The highest BCUT2D eigenvalue weighted by atomic mass is 19.3. The zero-order chi connectivity index (χ0) is 23.8. The lowest BCUT2D eigenvalue weighted by Crippen LogP contribution is -2.48. The van der Waals surface area contributed by atoms with E-state index in [1.54, 1.807) is 33.5 Å². The number of aryl methyl sites for hydroxylation is 1. The van der Waals surface area contributed by atoms with E-state index in [1.807, 2.05) is 17.0 Å². The molecule has 0 aromatic heterocycles. The van der Waals surface area contributed by atoms with Crippen LogP contribution in [-0.4, -0.2) is 69.8 Å². The Morgan fingerprint density at radius 3 is 2.15 bits per heavy atom. The fourth-order valence-electron chi connectivity index (χ4n) is 3.93. The van der Waals surface area contributed by atoms with Crippen LogP contribution in [0.3, 0.4) is 0 Å². The standard InChI is InChI=1S/C24H30F2N2O5/c1-30-20-10-7-18(22(31-2)23(20)32-3)16-27-12-14-28(15-13-27)21(29)11-6-17-4-8-19(9-5-17)33-24(25)26/h4-5,7-10,24H,6,11-16H2,1-3H3. The maximum Gasteiger partial charge on any atom is 0.387 e. The van der Waals surface area contributed by atoms with Gasteiger partial charge in [0.1, 0.15) is 5.75 Å². The molecule has 0 atom stereocenters. The minimum atomic E-state index is -2.84. The van der Waals surface area contributed by atoms with E-state index in [4.69, 9.17) is 14.2 Å². The molecule has 0 radical (unpaired) electrons. The molecule has 1 fully saturated rings. The number of hydrogen-bond acceptors (Lipinski definition) is 6. The quantitative estimate of drug-likeness (QED) is 0.536. The predicted octanol–water partition coefficient (Wildman–Crippen LogP) is 3.59. The van der Waals surface area contributed by atoms with E-state index in [-0.39, 0.29) is 11.7 Å². The van der Waals surface area contributed by atoms with Gasteiger partial charge in [-0.05, 0) is 30.2 Å². The molecular weight excluding hydrogens is 434 g/mol. The van der Waals surface area contributed by atoms with Gasteiger partial charge in [0.15, 0.2) is 11.5 Å². The Bertz CT molecular complexity index is 916. The number of rotatable bonds is 10. The summed E-state index contributed by atoms with van der Waals surface area (Å²) in [6.45, 7) is 0.638. The van der Waals surface area contributed by atoms with Crippen LogP contribution < -0.4 is 18.9 Å².